The predicted octanol–water partition coefficient (Wildman–Crippen LogP) is 3.93. The van der Waals surface area contributed by atoms with Crippen molar-refractivity contribution in [2.45, 2.75) is 57.6 Å². The molecule has 0 radical (unpaired) electrons. The molecule has 0 heterocycles. The zero-order valence-corrected chi connectivity index (χ0v) is 13.3. The smallest absolute Gasteiger partial charge is 0.0771 e. The average molecular weight is 326 g/mol. The zero-order valence-electron chi connectivity index (χ0n) is 11.7. The van der Waals surface area contributed by atoms with Crippen LogP contribution in [-0.4, -0.2) is 17.3 Å². The summed E-state index contributed by atoms with van der Waals surface area (Å²) in [5, 5.41) is 14.0. The Balaban J connectivity index is 1.83. The monoisotopic (exact) mass is 325 g/mol. The Labute approximate surface area is 124 Å². The van der Waals surface area contributed by atoms with E-state index in [-0.39, 0.29) is 0 Å². The molecule has 0 saturated heterocycles. The highest BCUT2D eigenvalue weighted by Gasteiger charge is 2.27. The molecule has 1 aromatic rings. The lowest BCUT2D eigenvalue weighted by Gasteiger charge is -2.27. The SMILES string of the molecule is Cc1ccc(CNCC2(O)CCCCCC2)cc1Br. The first kappa shape index (κ1) is 15.0. The summed E-state index contributed by atoms with van der Waals surface area (Å²) in [5.41, 5.74) is 2.03. The largest absolute Gasteiger partial charge is 0.389 e. The van der Waals surface area contributed by atoms with Gasteiger partial charge >= 0.3 is 0 Å². The summed E-state index contributed by atoms with van der Waals surface area (Å²) in [4.78, 5) is 0. The average Bonchev–Trinajstić information content (AvgIpc) is 2.59. The summed E-state index contributed by atoms with van der Waals surface area (Å²) < 4.78 is 1.15. The van der Waals surface area contributed by atoms with Gasteiger partial charge in [0, 0.05) is 17.6 Å². The van der Waals surface area contributed by atoms with Crippen molar-refractivity contribution >= 4 is 15.9 Å². The highest BCUT2D eigenvalue weighted by atomic mass is 79.9. The minimum atomic E-state index is -0.488. The second kappa shape index (κ2) is 6.87. The number of hydrogen-bond donors (Lipinski definition) is 2. The van der Waals surface area contributed by atoms with E-state index in [1.54, 1.807) is 0 Å². The van der Waals surface area contributed by atoms with Gasteiger partial charge in [-0.25, -0.2) is 0 Å². The molecule has 1 saturated carbocycles. The second-order valence-corrected chi connectivity index (χ2v) is 6.68. The molecule has 0 atom stereocenters. The number of nitrogens with one attached hydrogen (secondary N) is 1. The molecule has 1 fully saturated rings. The van der Waals surface area contributed by atoms with E-state index in [1.807, 2.05) is 0 Å². The van der Waals surface area contributed by atoms with Crippen molar-refractivity contribution in [1.29, 1.82) is 0 Å². The molecule has 1 aliphatic rings. The van der Waals surface area contributed by atoms with E-state index in [2.05, 4.69) is 46.4 Å². The van der Waals surface area contributed by atoms with E-state index in [0.717, 1.165) is 36.7 Å². The molecule has 0 bridgehead atoms. The molecule has 0 spiro atoms. The van der Waals surface area contributed by atoms with Gasteiger partial charge < -0.3 is 10.4 Å². The normalized spacial score (nSPS) is 19.1. The first-order valence-corrected chi connectivity index (χ1v) is 8.06. The summed E-state index contributed by atoms with van der Waals surface area (Å²) in [6.45, 7) is 3.62. The molecule has 1 aliphatic carbocycles. The van der Waals surface area contributed by atoms with Gasteiger partial charge in [-0.15, -0.1) is 0 Å². The molecule has 2 N–H and O–H groups in total. The third-order valence-corrected chi connectivity index (χ3v) is 4.91. The van der Waals surface area contributed by atoms with E-state index >= 15 is 0 Å². The van der Waals surface area contributed by atoms with E-state index in [0.29, 0.717) is 6.54 Å². The quantitative estimate of drug-likeness (QED) is 0.822. The van der Waals surface area contributed by atoms with Gasteiger partial charge in [0.15, 0.2) is 0 Å². The second-order valence-electron chi connectivity index (χ2n) is 5.83. The Morgan fingerprint density at radius 1 is 1.21 bits per heavy atom. The summed E-state index contributed by atoms with van der Waals surface area (Å²) in [6.07, 6.45) is 6.75. The molecule has 106 valence electrons. The van der Waals surface area contributed by atoms with Gasteiger partial charge in [-0.1, -0.05) is 53.7 Å². The van der Waals surface area contributed by atoms with Crippen molar-refractivity contribution in [2.75, 3.05) is 6.54 Å². The van der Waals surface area contributed by atoms with Crippen LogP contribution in [-0.2, 0) is 6.54 Å². The summed E-state index contributed by atoms with van der Waals surface area (Å²) in [7, 11) is 0. The fourth-order valence-electron chi connectivity index (χ4n) is 2.75. The third kappa shape index (κ3) is 4.59. The van der Waals surface area contributed by atoms with Crippen molar-refractivity contribution < 1.29 is 5.11 Å². The number of aryl methyl sites for hydroxylation is 1. The number of rotatable bonds is 4. The molecular weight excluding hydrogens is 302 g/mol. The van der Waals surface area contributed by atoms with E-state index in [4.69, 9.17) is 0 Å². The molecule has 3 heteroatoms. The number of aliphatic hydroxyl groups is 1. The van der Waals surface area contributed by atoms with Gasteiger partial charge in [-0.3, -0.25) is 0 Å². The van der Waals surface area contributed by atoms with Crippen LogP contribution < -0.4 is 5.32 Å². The Morgan fingerprint density at radius 3 is 2.53 bits per heavy atom. The molecule has 19 heavy (non-hydrogen) atoms. The fourth-order valence-corrected chi connectivity index (χ4v) is 3.18. The van der Waals surface area contributed by atoms with Crippen molar-refractivity contribution in [1.82, 2.24) is 5.32 Å². The van der Waals surface area contributed by atoms with Crippen LogP contribution in [0.2, 0.25) is 0 Å². The molecule has 1 aromatic carbocycles. The molecule has 0 aromatic heterocycles. The highest BCUT2D eigenvalue weighted by Crippen LogP contribution is 2.26. The van der Waals surface area contributed by atoms with Crippen molar-refractivity contribution in [3.05, 3.63) is 33.8 Å². The van der Waals surface area contributed by atoms with Crippen molar-refractivity contribution in [3.63, 3.8) is 0 Å². The van der Waals surface area contributed by atoms with E-state index < -0.39 is 5.60 Å². The van der Waals surface area contributed by atoms with Crippen LogP contribution >= 0.6 is 15.9 Å². The molecule has 0 amide bonds. The Kier molecular flexibility index (Phi) is 5.43. The van der Waals surface area contributed by atoms with E-state index in [1.165, 1.54) is 24.0 Å². The molecule has 0 unspecified atom stereocenters. The molecule has 2 nitrogen and oxygen atoms in total. The van der Waals surface area contributed by atoms with Gasteiger partial charge in [0.05, 0.1) is 5.60 Å². The maximum atomic E-state index is 10.6. The number of hydrogen-bond acceptors (Lipinski definition) is 2. The predicted molar refractivity (Wildman–Crippen MR) is 83.2 cm³/mol. The minimum absolute atomic E-state index is 0.488. The van der Waals surface area contributed by atoms with Crippen LogP contribution in [0.15, 0.2) is 22.7 Å². The molecular formula is C16H24BrNO. The first-order valence-electron chi connectivity index (χ1n) is 7.27. The number of benzene rings is 1. The Hall–Kier alpha value is -0.380. The van der Waals surface area contributed by atoms with Gasteiger partial charge in [0.25, 0.3) is 0 Å². The van der Waals surface area contributed by atoms with Gasteiger partial charge in [-0.2, -0.15) is 0 Å². The van der Waals surface area contributed by atoms with Crippen LogP contribution in [0.25, 0.3) is 0 Å². The van der Waals surface area contributed by atoms with Crippen LogP contribution in [0.1, 0.15) is 49.7 Å². The highest BCUT2D eigenvalue weighted by molar-refractivity contribution is 9.10. The van der Waals surface area contributed by atoms with Crippen LogP contribution in [0.3, 0.4) is 0 Å². The van der Waals surface area contributed by atoms with Gasteiger partial charge in [0.1, 0.15) is 0 Å². The lowest BCUT2D eigenvalue weighted by molar-refractivity contribution is 0.0250. The van der Waals surface area contributed by atoms with Crippen LogP contribution in [0.5, 0.6) is 0 Å². The van der Waals surface area contributed by atoms with Crippen molar-refractivity contribution in [3.8, 4) is 0 Å². The van der Waals surface area contributed by atoms with E-state index in [9.17, 15) is 5.11 Å². The zero-order chi connectivity index (χ0) is 13.7. The topological polar surface area (TPSA) is 32.3 Å². The van der Waals surface area contributed by atoms with Crippen LogP contribution in [0, 0.1) is 6.92 Å². The summed E-state index contributed by atoms with van der Waals surface area (Å²) in [6, 6.07) is 6.42. The fraction of sp³-hybridized carbons (Fsp3) is 0.625. The lowest BCUT2D eigenvalue weighted by atomic mass is 9.94. The Bertz CT molecular complexity index is 411. The van der Waals surface area contributed by atoms with Crippen molar-refractivity contribution in [2.24, 2.45) is 0 Å². The first-order chi connectivity index (χ1) is 9.09. The summed E-state index contributed by atoms with van der Waals surface area (Å²) in [5.74, 6) is 0. The van der Waals surface area contributed by atoms with Gasteiger partial charge in [-0.05, 0) is 37.0 Å². The maximum absolute atomic E-state index is 10.6. The molecule has 2 rings (SSSR count). The maximum Gasteiger partial charge on any atom is 0.0771 e. The third-order valence-electron chi connectivity index (χ3n) is 4.05. The Morgan fingerprint density at radius 2 is 1.89 bits per heavy atom. The molecule has 0 aliphatic heterocycles. The standard InChI is InChI=1S/C16H24BrNO/c1-13-6-7-14(10-15(13)17)11-18-12-16(19)8-4-2-3-5-9-16/h6-7,10,18-19H,2-5,8-9,11-12H2,1H3. The minimum Gasteiger partial charge on any atom is -0.389 e. The van der Waals surface area contributed by atoms with Crippen LogP contribution in [0.4, 0.5) is 0 Å². The lowest BCUT2D eigenvalue weighted by Crippen LogP contribution is -2.39. The van der Waals surface area contributed by atoms with Gasteiger partial charge in [0.2, 0.25) is 0 Å². The summed E-state index contributed by atoms with van der Waals surface area (Å²) >= 11 is 3.56. The number of halogens is 1.